The van der Waals surface area contributed by atoms with Gasteiger partial charge in [0.2, 0.25) is 5.91 Å². The number of amides is 3. The molecule has 2 aromatic rings. The maximum atomic E-state index is 13.8. The number of carbonyl (C=O) groups is 4. The molecule has 0 unspecified atom stereocenters. The molecule has 0 saturated carbocycles. The van der Waals surface area contributed by atoms with Gasteiger partial charge >= 0.3 is 12.1 Å². The zero-order valence-corrected chi connectivity index (χ0v) is 26.1. The number of benzene rings is 1. The summed E-state index contributed by atoms with van der Waals surface area (Å²) in [6, 6.07) is 9.59. The van der Waals surface area contributed by atoms with Gasteiger partial charge in [-0.05, 0) is 51.8 Å². The Balaban J connectivity index is 1.59. The molecule has 0 bridgehead atoms. The van der Waals surface area contributed by atoms with Crippen molar-refractivity contribution in [3.63, 3.8) is 0 Å². The molecule has 3 amide bonds. The molecule has 13 nitrogen and oxygen atoms in total. The number of esters is 1. The van der Waals surface area contributed by atoms with E-state index in [9.17, 15) is 24.4 Å². The van der Waals surface area contributed by atoms with Gasteiger partial charge in [-0.25, -0.2) is 14.8 Å². The first-order valence-electron chi connectivity index (χ1n) is 14.9. The molecule has 1 aromatic heterocycles. The number of aromatic nitrogens is 2. The average Bonchev–Trinajstić information content (AvgIpc) is 3.02. The minimum Gasteiger partial charge on any atom is -0.460 e. The van der Waals surface area contributed by atoms with Crippen LogP contribution in [0.15, 0.2) is 54.8 Å². The van der Waals surface area contributed by atoms with E-state index in [1.165, 1.54) is 17.2 Å². The number of nitrogens with one attached hydrogen (secondary N) is 1. The molecule has 2 aliphatic heterocycles. The number of rotatable bonds is 9. The van der Waals surface area contributed by atoms with E-state index in [1.54, 1.807) is 44.7 Å². The molecular formula is C32H40N6O7. The first-order valence-corrected chi connectivity index (χ1v) is 14.9. The van der Waals surface area contributed by atoms with Crippen LogP contribution in [-0.2, 0) is 19.1 Å². The topological polar surface area (TPSA) is 154 Å². The fourth-order valence-electron chi connectivity index (χ4n) is 4.84. The van der Waals surface area contributed by atoms with Crippen molar-refractivity contribution in [1.29, 1.82) is 0 Å². The molecule has 1 saturated heterocycles. The summed E-state index contributed by atoms with van der Waals surface area (Å²) < 4.78 is 10.5. The number of allylic oxidation sites excluding steroid dienone is 2. The van der Waals surface area contributed by atoms with E-state index in [1.807, 2.05) is 30.3 Å². The smallest absolute Gasteiger partial charge is 0.409 e. The van der Waals surface area contributed by atoms with Crippen LogP contribution >= 0.6 is 0 Å². The van der Waals surface area contributed by atoms with Gasteiger partial charge in [0.05, 0.1) is 18.8 Å². The van der Waals surface area contributed by atoms with Crippen molar-refractivity contribution in [3.8, 4) is 11.4 Å². The lowest BCUT2D eigenvalue weighted by atomic mass is 10.1. The van der Waals surface area contributed by atoms with Crippen molar-refractivity contribution >= 4 is 29.5 Å². The Morgan fingerprint density at radius 1 is 1.02 bits per heavy atom. The predicted octanol–water partition coefficient (Wildman–Crippen LogP) is 3.27. The molecular weight excluding hydrogens is 580 g/mol. The summed E-state index contributed by atoms with van der Waals surface area (Å²) in [7, 11) is 0. The molecule has 2 N–H and O–H groups in total. The summed E-state index contributed by atoms with van der Waals surface area (Å²) in [6.07, 6.45) is 4.40. The van der Waals surface area contributed by atoms with E-state index in [-0.39, 0.29) is 63.8 Å². The van der Waals surface area contributed by atoms with E-state index in [2.05, 4.69) is 15.3 Å². The summed E-state index contributed by atoms with van der Waals surface area (Å²) in [5.74, 6) is -1.21. The lowest BCUT2D eigenvalue weighted by molar-refractivity contribution is -0.155. The van der Waals surface area contributed by atoms with Gasteiger partial charge in [-0.2, -0.15) is 0 Å². The van der Waals surface area contributed by atoms with Crippen LogP contribution in [0.3, 0.4) is 0 Å². The van der Waals surface area contributed by atoms with Crippen LogP contribution < -0.4 is 5.32 Å². The van der Waals surface area contributed by atoms with Crippen LogP contribution in [0, 0.1) is 0 Å². The van der Waals surface area contributed by atoms with Crippen molar-refractivity contribution in [3.05, 3.63) is 66.1 Å². The van der Waals surface area contributed by atoms with Crippen LogP contribution in [-0.4, -0.2) is 105 Å². The molecule has 1 aromatic carbocycles. The molecule has 3 heterocycles. The van der Waals surface area contributed by atoms with Gasteiger partial charge in [0, 0.05) is 44.4 Å². The van der Waals surface area contributed by atoms with Crippen molar-refractivity contribution < 1.29 is 33.9 Å². The molecule has 240 valence electrons. The number of hydroxylamine groups is 2. The van der Waals surface area contributed by atoms with Gasteiger partial charge in [0.1, 0.15) is 17.3 Å². The molecule has 1 fully saturated rings. The molecule has 0 aliphatic carbocycles. The third-order valence-electron chi connectivity index (χ3n) is 6.99. The number of nitrogens with zero attached hydrogens (tertiary/aromatic N) is 5. The van der Waals surface area contributed by atoms with Crippen LogP contribution in [0.5, 0.6) is 0 Å². The van der Waals surface area contributed by atoms with Gasteiger partial charge in [-0.15, -0.1) is 0 Å². The molecule has 45 heavy (non-hydrogen) atoms. The highest BCUT2D eigenvalue weighted by molar-refractivity contribution is 5.97. The number of ether oxygens (including phenoxy) is 2. The molecule has 0 spiro atoms. The summed E-state index contributed by atoms with van der Waals surface area (Å²) in [4.78, 5) is 64.5. The van der Waals surface area contributed by atoms with E-state index >= 15 is 0 Å². The second kappa shape index (κ2) is 14.8. The molecule has 1 atom stereocenters. The van der Waals surface area contributed by atoms with Gasteiger partial charge < -0.3 is 24.6 Å². The van der Waals surface area contributed by atoms with E-state index in [0.717, 1.165) is 5.06 Å². The zero-order valence-electron chi connectivity index (χ0n) is 26.1. The summed E-state index contributed by atoms with van der Waals surface area (Å²) in [5.41, 5.74) is 1.08. The van der Waals surface area contributed by atoms with Crippen molar-refractivity contribution in [2.75, 3.05) is 39.3 Å². The Labute approximate surface area is 262 Å². The lowest BCUT2D eigenvalue weighted by Crippen LogP contribution is -2.56. The Morgan fingerprint density at radius 2 is 1.71 bits per heavy atom. The van der Waals surface area contributed by atoms with Crippen molar-refractivity contribution in [1.82, 2.24) is 30.1 Å². The summed E-state index contributed by atoms with van der Waals surface area (Å²) in [5, 5.41) is 13.8. The van der Waals surface area contributed by atoms with Crippen molar-refractivity contribution in [2.45, 2.75) is 52.2 Å². The predicted molar refractivity (Wildman–Crippen MR) is 165 cm³/mol. The van der Waals surface area contributed by atoms with E-state index in [0.29, 0.717) is 22.7 Å². The van der Waals surface area contributed by atoms with Gasteiger partial charge in [-0.3, -0.25) is 24.7 Å². The maximum absolute atomic E-state index is 13.8. The maximum Gasteiger partial charge on any atom is 0.409 e. The number of piperazine rings is 1. The highest BCUT2D eigenvalue weighted by atomic mass is 16.6. The van der Waals surface area contributed by atoms with Crippen LogP contribution in [0.1, 0.15) is 56.7 Å². The average molecular weight is 621 g/mol. The second-order valence-electron chi connectivity index (χ2n) is 11.6. The summed E-state index contributed by atoms with van der Waals surface area (Å²) >= 11 is 0. The minimum absolute atomic E-state index is 0.00349. The Morgan fingerprint density at radius 3 is 2.36 bits per heavy atom. The normalized spacial score (nSPS) is 15.7. The third-order valence-corrected chi connectivity index (χ3v) is 6.99. The van der Waals surface area contributed by atoms with Crippen LogP contribution in [0.2, 0.25) is 0 Å². The first kappa shape index (κ1) is 33.1. The molecule has 0 radical (unpaired) electrons. The number of hydrogen-bond acceptors (Lipinski definition) is 10. The Bertz CT molecular complexity index is 1450. The number of hydrogen-bond donors (Lipinski definition) is 2. The zero-order chi connectivity index (χ0) is 32.6. The number of carbonyl (C=O) groups excluding carboxylic acids is 4. The highest BCUT2D eigenvalue weighted by Gasteiger charge is 2.32. The van der Waals surface area contributed by atoms with E-state index in [4.69, 9.17) is 9.47 Å². The third kappa shape index (κ3) is 9.35. The summed E-state index contributed by atoms with van der Waals surface area (Å²) in [6.45, 7) is 8.42. The quantitative estimate of drug-likeness (QED) is 0.399. The second-order valence-corrected chi connectivity index (χ2v) is 11.6. The standard InChI is InChI=1S/C32H40N6O7/c1-5-44-31(42)37-18-16-36(17-19-37)30(41)24(13-14-27(39)45-32(2,3)4)35-29(40)26-20-25(23-12-9-15-38(43)21-23)33-28(34-26)22-10-7-6-8-11-22/h6-12,15,20,24,43H,5,13-14,16-19,21H2,1-4H3,(H,35,40)/t24-/m0/s1. The van der Waals surface area contributed by atoms with Crippen LogP contribution in [0.4, 0.5) is 4.79 Å². The van der Waals surface area contributed by atoms with E-state index < -0.39 is 29.6 Å². The Kier molecular flexibility index (Phi) is 10.9. The Hall–Kier alpha value is -4.78. The van der Waals surface area contributed by atoms with Crippen molar-refractivity contribution in [2.24, 2.45) is 0 Å². The molecule has 13 heteroatoms. The highest BCUT2D eigenvalue weighted by Crippen LogP contribution is 2.22. The fourth-order valence-corrected chi connectivity index (χ4v) is 4.84. The monoisotopic (exact) mass is 620 g/mol. The van der Waals surface area contributed by atoms with Gasteiger partial charge in [0.25, 0.3) is 5.91 Å². The molecule has 2 aliphatic rings. The molecule has 4 rings (SSSR count). The first-order chi connectivity index (χ1) is 21.4. The van der Waals surface area contributed by atoms with Gasteiger partial charge in [-0.1, -0.05) is 36.4 Å². The van der Waals surface area contributed by atoms with Crippen LogP contribution in [0.25, 0.3) is 17.0 Å². The minimum atomic E-state index is -1.07. The SMILES string of the molecule is CCOC(=O)N1CCN(C(=O)[C@H](CCC(=O)OC(C)(C)C)NC(=O)c2cc(C3=CC=CN(O)C3)nc(-c3ccccc3)n2)CC1. The fraction of sp³-hybridized carbons (Fsp3) is 0.438. The largest absolute Gasteiger partial charge is 0.460 e. The van der Waals surface area contributed by atoms with Gasteiger partial charge in [0.15, 0.2) is 5.82 Å². The lowest BCUT2D eigenvalue weighted by Gasteiger charge is -2.36.